The van der Waals surface area contributed by atoms with E-state index in [1.807, 2.05) is 6.92 Å². The molecular weight excluding hydrogens is 284 g/mol. The molecule has 0 saturated carbocycles. The van der Waals surface area contributed by atoms with Crippen molar-refractivity contribution in [1.29, 1.82) is 0 Å². The van der Waals surface area contributed by atoms with Crippen LogP contribution in [0.1, 0.15) is 26.2 Å². The Bertz CT molecular complexity index is 635. The fourth-order valence-electron chi connectivity index (χ4n) is 1.88. The topological polar surface area (TPSA) is 110 Å². The summed E-state index contributed by atoms with van der Waals surface area (Å²) in [5.74, 6) is -1.27. The van der Waals surface area contributed by atoms with Gasteiger partial charge >= 0.3 is 11.8 Å². The first kappa shape index (κ1) is 14.3. The molecule has 1 atom stereocenters. The Morgan fingerprint density at radius 2 is 2.45 bits per heavy atom. The Morgan fingerprint density at radius 1 is 1.70 bits per heavy atom. The molecule has 0 aliphatic heterocycles. The van der Waals surface area contributed by atoms with E-state index < -0.39 is 16.9 Å². The number of nitrogens with zero attached hydrogens (tertiary/aromatic N) is 3. The van der Waals surface area contributed by atoms with Crippen LogP contribution in [0.15, 0.2) is 11.6 Å². The molecule has 20 heavy (non-hydrogen) atoms. The fraction of sp³-hybridized carbons (Fsp3) is 0.455. The third kappa shape index (κ3) is 2.72. The first-order valence-corrected chi connectivity index (χ1v) is 7.01. The van der Waals surface area contributed by atoms with Gasteiger partial charge in [-0.05, 0) is 11.3 Å². The number of carboxylic acid groups (broad SMARTS) is 1. The number of aliphatic carboxylic acids is 1. The summed E-state index contributed by atoms with van der Waals surface area (Å²) in [6.07, 6.45) is 3.51. The van der Waals surface area contributed by atoms with Crippen LogP contribution in [0.3, 0.4) is 0 Å². The summed E-state index contributed by atoms with van der Waals surface area (Å²) >= 11 is 1.25. The number of carboxylic acids is 1. The standard InChI is InChI=1S/C11H14N4O4S/c1-2-3-4-7(10(16)17)12-8-9(15(18)19)14-5-6-20-11(14)13-8/h5-7,12H,2-4H2,1H3,(H,16,17)/t7-/m0/s1. The minimum atomic E-state index is -1.04. The summed E-state index contributed by atoms with van der Waals surface area (Å²) in [5.41, 5.74) is 0. The number of aromatic nitrogens is 2. The van der Waals surface area contributed by atoms with Gasteiger partial charge in [0.1, 0.15) is 12.2 Å². The normalized spacial score (nSPS) is 12.4. The second kappa shape index (κ2) is 5.87. The SMILES string of the molecule is CCCC[C@H](Nc1nc2sccn2c1[N+](=O)[O-])C(=O)O. The lowest BCUT2D eigenvalue weighted by molar-refractivity contribution is -0.389. The summed E-state index contributed by atoms with van der Waals surface area (Å²) < 4.78 is 1.34. The van der Waals surface area contributed by atoms with Gasteiger partial charge in [-0.2, -0.15) is 9.38 Å². The molecule has 2 aromatic rings. The largest absolute Gasteiger partial charge is 0.480 e. The van der Waals surface area contributed by atoms with E-state index in [4.69, 9.17) is 5.11 Å². The molecule has 0 saturated heterocycles. The van der Waals surface area contributed by atoms with E-state index in [1.54, 1.807) is 5.38 Å². The average Bonchev–Trinajstić information content (AvgIpc) is 2.93. The number of carbonyl (C=O) groups is 1. The number of nitrogens with one attached hydrogen (secondary N) is 1. The highest BCUT2D eigenvalue weighted by atomic mass is 32.1. The van der Waals surface area contributed by atoms with Gasteiger partial charge in [0.25, 0.3) is 4.96 Å². The van der Waals surface area contributed by atoms with Crippen LogP contribution in [-0.2, 0) is 4.79 Å². The molecule has 0 aliphatic rings. The van der Waals surface area contributed by atoms with Gasteiger partial charge < -0.3 is 20.5 Å². The number of unbranched alkanes of at least 4 members (excludes halogenated alkanes) is 1. The summed E-state index contributed by atoms with van der Waals surface area (Å²) in [6.45, 7) is 1.95. The maximum Gasteiger partial charge on any atom is 0.372 e. The summed E-state index contributed by atoms with van der Waals surface area (Å²) in [7, 11) is 0. The first-order valence-electron chi connectivity index (χ1n) is 6.13. The van der Waals surface area contributed by atoms with Crippen molar-refractivity contribution >= 4 is 33.9 Å². The summed E-state index contributed by atoms with van der Waals surface area (Å²) in [4.78, 5) is 26.3. The average molecular weight is 298 g/mol. The monoisotopic (exact) mass is 298 g/mol. The van der Waals surface area contributed by atoms with E-state index in [2.05, 4.69) is 10.3 Å². The van der Waals surface area contributed by atoms with Crippen molar-refractivity contribution in [3.05, 3.63) is 21.7 Å². The lowest BCUT2D eigenvalue weighted by Gasteiger charge is -2.12. The molecule has 0 fully saturated rings. The van der Waals surface area contributed by atoms with Crippen molar-refractivity contribution in [3.63, 3.8) is 0 Å². The van der Waals surface area contributed by atoms with E-state index in [-0.39, 0.29) is 11.6 Å². The minimum Gasteiger partial charge on any atom is -0.480 e. The number of thiazole rings is 1. The van der Waals surface area contributed by atoms with Crippen molar-refractivity contribution in [2.24, 2.45) is 0 Å². The maximum absolute atomic E-state index is 11.2. The molecule has 0 aliphatic carbocycles. The van der Waals surface area contributed by atoms with Crippen LogP contribution in [0.4, 0.5) is 11.6 Å². The van der Waals surface area contributed by atoms with Crippen LogP contribution in [-0.4, -0.2) is 31.4 Å². The molecule has 9 heteroatoms. The number of fused-ring (bicyclic) bond motifs is 1. The molecule has 0 aromatic carbocycles. The zero-order valence-electron chi connectivity index (χ0n) is 10.8. The van der Waals surface area contributed by atoms with Gasteiger partial charge in [0.15, 0.2) is 0 Å². The van der Waals surface area contributed by atoms with E-state index >= 15 is 0 Å². The van der Waals surface area contributed by atoms with E-state index in [0.29, 0.717) is 11.4 Å². The van der Waals surface area contributed by atoms with Gasteiger partial charge in [-0.1, -0.05) is 31.1 Å². The molecule has 2 N–H and O–H groups in total. The maximum atomic E-state index is 11.2. The highest BCUT2D eigenvalue weighted by Crippen LogP contribution is 2.28. The molecule has 108 valence electrons. The second-order valence-corrected chi connectivity index (χ2v) is 5.15. The number of hydrogen-bond donors (Lipinski definition) is 2. The quantitative estimate of drug-likeness (QED) is 0.599. The molecule has 0 radical (unpaired) electrons. The van der Waals surface area contributed by atoms with Crippen LogP contribution in [0.2, 0.25) is 0 Å². The predicted octanol–water partition coefficient (Wildman–Crippen LogP) is 2.36. The molecule has 2 heterocycles. The Morgan fingerprint density at radius 3 is 3.05 bits per heavy atom. The second-order valence-electron chi connectivity index (χ2n) is 4.27. The summed E-state index contributed by atoms with van der Waals surface area (Å²) in [6, 6.07) is -0.877. The Balaban J connectivity index is 2.31. The molecule has 0 amide bonds. The van der Waals surface area contributed by atoms with Crippen LogP contribution >= 0.6 is 11.3 Å². The van der Waals surface area contributed by atoms with Crippen LogP contribution in [0.5, 0.6) is 0 Å². The van der Waals surface area contributed by atoms with Crippen LogP contribution in [0.25, 0.3) is 4.96 Å². The summed E-state index contributed by atoms with van der Waals surface area (Å²) in [5, 5.41) is 24.6. The molecular formula is C11H14N4O4S. The van der Waals surface area contributed by atoms with Crippen molar-refractivity contribution < 1.29 is 14.8 Å². The third-order valence-corrected chi connectivity index (χ3v) is 3.62. The van der Waals surface area contributed by atoms with Gasteiger partial charge in [0.05, 0.1) is 0 Å². The Labute approximate surface area is 118 Å². The lowest BCUT2D eigenvalue weighted by atomic mass is 10.1. The fourth-order valence-corrected chi connectivity index (χ4v) is 2.58. The number of hydrogen-bond acceptors (Lipinski definition) is 6. The number of imidazole rings is 1. The van der Waals surface area contributed by atoms with Gasteiger partial charge in [-0.25, -0.2) is 4.79 Å². The van der Waals surface area contributed by atoms with Crippen molar-refractivity contribution in [2.45, 2.75) is 32.2 Å². The van der Waals surface area contributed by atoms with E-state index in [9.17, 15) is 14.9 Å². The zero-order valence-corrected chi connectivity index (χ0v) is 11.6. The molecule has 0 spiro atoms. The highest BCUT2D eigenvalue weighted by molar-refractivity contribution is 7.15. The number of rotatable bonds is 7. The number of nitro groups is 1. The van der Waals surface area contributed by atoms with Gasteiger partial charge in [0, 0.05) is 5.38 Å². The molecule has 2 aromatic heterocycles. The van der Waals surface area contributed by atoms with Gasteiger partial charge in [0.2, 0.25) is 5.82 Å². The van der Waals surface area contributed by atoms with Crippen LogP contribution in [0, 0.1) is 10.1 Å². The predicted molar refractivity (Wildman–Crippen MR) is 74.3 cm³/mol. The van der Waals surface area contributed by atoms with Crippen molar-refractivity contribution in [2.75, 3.05) is 5.32 Å². The molecule has 8 nitrogen and oxygen atoms in total. The number of anilines is 1. The molecule has 0 unspecified atom stereocenters. The van der Waals surface area contributed by atoms with E-state index in [1.165, 1.54) is 21.9 Å². The van der Waals surface area contributed by atoms with Crippen molar-refractivity contribution in [1.82, 2.24) is 9.38 Å². The molecule has 2 rings (SSSR count). The van der Waals surface area contributed by atoms with Gasteiger partial charge in [-0.15, -0.1) is 0 Å². The minimum absolute atomic E-state index is 0.00496. The van der Waals surface area contributed by atoms with Crippen LogP contribution < -0.4 is 5.32 Å². The van der Waals surface area contributed by atoms with Gasteiger partial charge in [-0.3, -0.25) is 0 Å². The first-order chi connectivity index (χ1) is 9.54. The Kier molecular flexibility index (Phi) is 4.18. The highest BCUT2D eigenvalue weighted by Gasteiger charge is 2.27. The Hall–Kier alpha value is -2.16. The lowest BCUT2D eigenvalue weighted by Crippen LogP contribution is -2.29. The smallest absolute Gasteiger partial charge is 0.372 e. The van der Waals surface area contributed by atoms with Crippen molar-refractivity contribution in [3.8, 4) is 0 Å². The zero-order chi connectivity index (χ0) is 14.7. The molecule has 0 bridgehead atoms. The third-order valence-electron chi connectivity index (χ3n) is 2.87. The van der Waals surface area contributed by atoms with E-state index in [0.717, 1.165) is 12.8 Å².